The van der Waals surface area contributed by atoms with Gasteiger partial charge in [0.15, 0.2) is 5.76 Å². The summed E-state index contributed by atoms with van der Waals surface area (Å²) in [5.41, 5.74) is 6.06. The predicted octanol–water partition coefficient (Wildman–Crippen LogP) is 8.51. The van der Waals surface area contributed by atoms with Gasteiger partial charge in [-0.15, -0.1) is 0 Å². The predicted molar refractivity (Wildman–Crippen MR) is 160 cm³/mol. The number of carbonyl (C=O) groups excluding carboxylic acids is 1. The van der Waals surface area contributed by atoms with Crippen molar-refractivity contribution in [2.45, 2.75) is 19.4 Å². The Kier molecular flexibility index (Phi) is 5.71. The first-order valence-corrected chi connectivity index (χ1v) is 13.3. The number of ketones is 1. The van der Waals surface area contributed by atoms with Crippen LogP contribution in [0.4, 0.5) is 11.4 Å². The van der Waals surface area contributed by atoms with Crippen LogP contribution in [0.1, 0.15) is 45.3 Å². The largest absolute Gasteiger partial charge is 0.507 e. The number of benzene rings is 5. The van der Waals surface area contributed by atoms with Crippen LogP contribution in [0.3, 0.4) is 0 Å². The van der Waals surface area contributed by atoms with Crippen molar-refractivity contribution in [2.24, 2.45) is 4.99 Å². The summed E-state index contributed by atoms with van der Waals surface area (Å²) >= 11 is 0. The second kappa shape index (κ2) is 9.54. The maximum atomic E-state index is 13.2. The minimum absolute atomic E-state index is 0.0646. The third-order valence-corrected chi connectivity index (χ3v) is 7.69. The highest BCUT2D eigenvalue weighted by molar-refractivity contribution is 6.12. The van der Waals surface area contributed by atoms with Gasteiger partial charge in [-0.25, -0.2) is 0 Å². The molecule has 2 heterocycles. The van der Waals surface area contributed by atoms with Crippen molar-refractivity contribution in [1.29, 1.82) is 0 Å². The third-order valence-electron chi connectivity index (χ3n) is 7.69. The summed E-state index contributed by atoms with van der Waals surface area (Å²) in [5.74, 6) is 0.159. The summed E-state index contributed by atoms with van der Waals surface area (Å²) in [6, 6.07) is 35.2. The zero-order valence-electron chi connectivity index (χ0n) is 21.9. The maximum absolute atomic E-state index is 13.2. The SMILES string of the molecule is Cc1c(C(=O)c2ccccc2)oc2cc(O)c(C3=Nc4ccccc4NC(c4cccc5ccccc45)C3)cc12. The fraction of sp³-hybridized carbons (Fsp3) is 0.0857. The zero-order valence-corrected chi connectivity index (χ0v) is 21.9. The van der Waals surface area contributed by atoms with Gasteiger partial charge < -0.3 is 14.8 Å². The number of nitrogens with zero attached hydrogens (tertiary/aromatic N) is 1. The van der Waals surface area contributed by atoms with E-state index < -0.39 is 0 Å². The molecule has 0 radical (unpaired) electrons. The van der Waals surface area contributed by atoms with Gasteiger partial charge in [-0.2, -0.15) is 0 Å². The van der Waals surface area contributed by atoms with Gasteiger partial charge in [0.1, 0.15) is 11.3 Å². The van der Waals surface area contributed by atoms with Gasteiger partial charge in [0, 0.05) is 34.6 Å². The molecule has 0 fully saturated rings. The maximum Gasteiger partial charge on any atom is 0.228 e. The van der Waals surface area contributed by atoms with Crippen LogP contribution in [0, 0.1) is 6.92 Å². The van der Waals surface area contributed by atoms with Crippen LogP contribution in [0.15, 0.2) is 119 Å². The Morgan fingerprint density at radius 2 is 1.62 bits per heavy atom. The Balaban J connectivity index is 1.36. The lowest BCUT2D eigenvalue weighted by Gasteiger charge is -2.21. The number of aryl methyl sites for hydroxylation is 1. The number of aliphatic imine (C=N–C) groups is 1. The minimum atomic E-state index is -0.184. The molecule has 0 aliphatic carbocycles. The smallest absolute Gasteiger partial charge is 0.228 e. The number of phenolic OH excluding ortho intramolecular Hbond substituents is 1. The van der Waals surface area contributed by atoms with Gasteiger partial charge in [0.2, 0.25) is 5.78 Å². The molecule has 1 atom stereocenters. The lowest BCUT2D eigenvalue weighted by molar-refractivity contribution is 0.101. The Hall–Kier alpha value is -5.16. The molecule has 1 unspecified atom stereocenters. The summed E-state index contributed by atoms with van der Waals surface area (Å²) in [6.07, 6.45) is 0.550. The number of fused-ring (bicyclic) bond motifs is 3. The van der Waals surface area contributed by atoms with Gasteiger partial charge in [-0.1, -0.05) is 84.9 Å². The van der Waals surface area contributed by atoms with Crippen LogP contribution in [0.2, 0.25) is 0 Å². The highest BCUT2D eigenvalue weighted by Gasteiger charge is 2.26. The summed E-state index contributed by atoms with van der Waals surface area (Å²) < 4.78 is 6.00. The molecule has 1 aliphatic rings. The quantitative estimate of drug-likeness (QED) is 0.228. The molecule has 194 valence electrons. The van der Waals surface area contributed by atoms with Gasteiger partial charge in [-0.3, -0.25) is 9.79 Å². The molecule has 0 bridgehead atoms. The third kappa shape index (κ3) is 4.03. The Bertz CT molecular complexity index is 1950. The van der Waals surface area contributed by atoms with Gasteiger partial charge in [0.25, 0.3) is 0 Å². The monoisotopic (exact) mass is 522 g/mol. The summed E-state index contributed by atoms with van der Waals surface area (Å²) in [7, 11) is 0. The van der Waals surface area contributed by atoms with E-state index in [0.717, 1.165) is 28.0 Å². The van der Waals surface area contributed by atoms with Gasteiger partial charge in [-0.05, 0) is 41.5 Å². The highest BCUT2D eigenvalue weighted by Crippen LogP contribution is 2.40. The molecule has 1 aromatic heterocycles. The second-order valence-electron chi connectivity index (χ2n) is 10.2. The number of anilines is 1. The molecule has 0 saturated heterocycles. The van der Waals surface area contributed by atoms with Crippen LogP contribution in [-0.4, -0.2) is 16.6 Å². The summed E-state index contributed by atoms with van der Waals surface area (Å²) in [4.78, 5) is 18.3. The number of aromatic hydroxyl groups is 1. The number of nitrogens with one attached hydrogen (secondary N) is 1. The van der Waals surface area contributed by atoms with Crippen LogP contribution >= 0.6 is 0 Å². The van der Waals surface area contributed by atoms with Crippen molar-refractivity contribution in [1.82, 2.24) is 0 Å². The molecular formula is C35H26N2O3. The summed E-state index contributed by atoms with van der Waals surface area (Å²) in [5, 5.41) is 18.1. The molecule has 2 N–H and O–H groups in total. The number of para-hydroxylation sites is 2. The molecule has 6 aromatic rings. The van der Waals surface area contributed by atoms with E-state index in [2.05, 4.69) is 41.7 Å². The topological polar surface area (TPSA) is 74.8 Å². The van der Waals surface area contributed by atoms with E-state index in [9.17, 15) is 9.90 Å². The van der Waals surface area contributed by atoms with Crippen molar-refractivity contribution >= 4 is 44.6 Å². The standard InChI is InChI=1S/C35H26N2O3/c1-21-26-18-27(32(38)20-33(26)40-35(21)34(39)23-11-3-2-4-12-23)31-19-30(36-28-16-7-8-17-29(28)37-31)25-15-9-13-22-10-5-6-14-24(22)25/h2-18,20,30,36,38H,19H2,1H3. The van der Waals surface area contributed by atoms with E-state index in [1.165, 1.54) is 16.3 Å². The fourth-order valence-electron chi connectivity index (χ4n) is 5.65. The van der Waals surface area contributed by atoms with E-state index in [4.69, 9.17) is 9.41 Å². The lowest BCUT2D eigenvalue weighted by Crippen LogP contribution is -2.15. The van der Waals surface area contributed by atoms with E-state index in [0.29, 0.717) is 23.1 Å². The van der Waals surface area contributed by atoms with Crippen LogP contribution < -0.4 is 5.32 Å². The van der Waals surface area contributed by atoms with Crippen molar-refractivity contribution in [3.63, 3.8) is 0 Å². The molecule has 5 nitrogen and oxygen atoms in total. The lowest BCUT2D eigenvalue weighted by atomic mass is 9.92. The number of phenols is 1. The van der Waals surface area contributed by atoms with E-state index in [1.807, 2.05) is 61.5 Å². The Morgan fingerprint density at radius 3 is 2.50 bits per heavy atom. The van der Waals surface area contributed by atoms with Crippen LogP contribution in [0.25, 0.3) is 21.7 Å². The molecule has 40 heavy (non-hydrogen) atoms. The summed E-state index contributed by atoms with van der Waals surface area (Å²) in [6.45, 7) is 1.88. The molecule has 0 amide bonds. The first-order chi connectivity index (χ1) is 19.6. The Labute approximate surface area is 231 Å². The van der Waals surface area contributed by atoms with Crippen LogP contribution in [0.5, 0.6) is 5.75 Å². The Morgan fingerprint density at radius 1 is 0.875 bits per heavy atom. The van der Waals surface area contributed by atoms with Gasteiger partial charge in [0.05, 0.1) is 23.1 Å². The van der Waals surface area contributed by atoms with Gasteiger partial charge >= 0.3 is 0 Å². The highest BCUT2D eigenvalue weighted by atomic mass is 16.3. The first-order valence-electron chi connectivity index (χ1n) is 13.3. The average Bonchev–Trinajstić information content (AvgIpc) is 3.18. The molecule has 0 saturated carbocycles. The number of carbonyl (C=O) groups is 1. The van der Waals surface area contributed by atoms with Crippen molar-refractivity contribution in [3.05, 3.63) is 137 Å². The zero-order chi connectivity index (χ0) is 27.2. The normalized spacial score (nSPS) is 14.8. The molecule has 5 aromatic carbocycles. The second-order valence-corrected chi connectivity index (χ2v) is 10.2. The number of hydrogen-bond donors (Lipinski definition) is 2. The minimum Gasteiger partial charge on any atom is -0.507 e. The molecule has 5 heteroatoms. The van der Waals surface area contributed by atoms with E-state index in [-0.39, 0.29) is 23.3 Å². The first kappa shape index (κ1) is 23.9. The molecule has 7 rings (SSSR count). The van der Waals surface area contributed by atoms with Crippen LogP contribution in [-0.2, 0) is 0 Å². The van der Waals surface area contributed by atoms with Crippen molar-refractivity contribution in [3.8, 4) is 5.75 Å². The molecular weight excluding hydrogens is 496 g/mol. The fourth-order valence-corrected chi connectivity index (χ4v) is 5.65. The number of furan rings is 1. The van der Waals surface area contributed by atoms with E-state index >= 15 is 0 Å². The molecule has 1 aliphatic heterocycles. The van der Waals surface area contributed by atoms with E-state index in [1.54, 1.807) is 18.2 Å². The van der Waals surface area contributed by atoms with Crippen molar-refractivity contribution in [2.75, 3.05) is 5.32 Å². The number of rotatable bonds is 4. The molecule has 0 spiro atoms. The van der Waals surface area contributed by atoms with Crippen molar-refractivity contribution < 1.29 is 14.3 Å². The average molecular weight is 523 g/mol. The number of hydrogen-bond acceptors (Lipinski definition) is 5.